The lowest BCUT2D eigenvalue weighted by atomic mass is 10.0. The maximum absolute atomic E-state index is 14.0. The number of hydrogen-bond acceptors (Lipinski definition) is 6. The van der Waals surface area contributed by atoms with Gasteiger partial charge in [0.1, 0.15) is 17.3 Å². The molecule has 1 aliphatic heterocycles. The Labute approximate surface area is 174 Å². The van der Waals surface area contributed by atoms with Crippen LogP contribution in [0.2, 0.25) is 0 Å². The van der Waals surface area contributed by atoms with Gasteiger partial charge in [-0.1, -0.05) is 0 Å². The van der Waals surface area contributed by atoms with Crippen molar-refractivity contribution in [3.63, 3.8) is 0 Å². The number of carbonyl (C=O) groups is 2. The number of halogens is 2. The molecule has 1 saturated heterocycles. The van der Waals surface area contributed by atoms with Gasteiger partial charge < -0.3 is 26.0 Å². The van der Waals surface area contributed by atoms with Gasteiger partial charge >= 0.3 is 0 Å². The number of piperidine rings is 1. The topological polar surface area (TPSA) is 145 Å². The van der Waals surface area contributed by atoms with Crippen molar-refractivity contribution in [3.8, 4) is 11.4 Å². The Bertz CT molecular complexity index is 1170. The molecule has 0 unspecified atom stereocenters. The number of nitrogen functional groups attached to an aromatic ring is 1. The highest BCUT2D eigenvalue weighted by atomic mass is 19.1. The molecule has 10 nitrogen and oxygen atoms in total. The molecule has 0 saturated carbocycles. The third-order valence-corrected chi connectivity index (χ3v) is 5.26. The number of anilines is 1. The van der Waals surface area contributed by atoms with Gasteiger partial charge in [0.05, 0.1) is 12.5 Å². The molecule has 0 aliphatic carbocycles. The smallest absolute Gasteiger partial charge is 0.278 e. The van der Waals surface area contributed by atoms with Gasteiger partial charge in [0, 0.05) is 25.2 Å². The Morgan fingerprint density at radius 2 is 1.87 bits per heavy atom. The Morgan fingerprint density at radius 3 is 2.48 bits per heavy atom. The second kappa shape index (κ2) is 7.70. The van der Waals surface area contributed by atoms with Crippen molar-refractivity contribution in [2.45, 2.75) is 18.9 Å². The maximum atomic E-state index is 14.0. The Morgan fingerprint density at radius 1 is 1.16 bits per heavy atom. The van der Waals surface area contributed by atoms with Crippen LogP contribution in [0.25, 0.3) is 5.69 Å². The van der Waals surface area contributed by atoms with E-state index in [2.05, 4.69) is 10.1 Å². The number of amides is 2. The molecule has 0 atom stereocenters. The summed E-state index contributed by atoms with van der Waals surface area (Å²) in [5, 5.41) is 14.1. The first-order valence-corrected chi connectivity index (χ1v) is 9.41. The molecule has 162 valence electrons. The van der Waals surface area contributed by atoms with Crippen LogP contribution in [0, 0.1) is 11.6 Å². The molecular formula is C19H19F2N7O3. The third kappa shape index (κ3) is 3.67. The van der Waals surface area contributed by atoms with Crippen molar-refractivity contribution in [1.82, 2.24) is 24.2 Å². The number of carbonyl (C=O) groups excluding carboxylic acids is 2. The van der Waals surface area contributed by atoms with Gasteiger partial charge in [0.25, 0.3) is 11.8 Å². The van der Waals surface area contributed by atoms with Gasteiger partial charge in [0.15, 0.2) is 23.0 Å². The van der Waals surface area contributed by atoms with Crippen LogP contribution in [0.15, 0.2) is 30.7 Å². The molecule has 3 aromatic rings. The fourth-order valence-electron chi connectivity index (χ4n) is 3.66. The average molecular weight is 431 g/mol. The predicted molar refractivity (Wildman–Crippen MR) is 104 cm³/mol. The molecule has 5 N–H and O–H groups in total. The van der Waals surface area contributed by atoms with Crippen molar-refractivity contribution in [2.24, 2.45) is 5.73 Å². The lowest BCUT2D eigenvalue weighted by Gasteiger charge is -2.32. The molecule has 12 heteroatoms. The Balaban J connectivity index is 1.48. The van der Waals surface area contributed by atoms with Crippen LogP contribution < -0.4 is 11.5 Å². The summed E-state index contributed by atoms with van der Waals surface area (Å²) >= 11 is 0. The highest BCUT2D eigenvalue weighted by Gasteiger charge is 2.29. The zero-order chi connectivity index (χ0) is 22.3. The number of likely N-dealkylation sites (tertiary alicyclic amines) is 1. The first-order chi connectivity index (χ1) is 14.8. The van der Waals surface area contributed by atoms with Gasteiger partial charge in [-0.3, -0.25) is 9.59 Å². The molecule has 2 aromatic heterocycles. The molecule has 2 amide bonds. The summed E-state index contributed by atoms with van der Waals surface area (Å²) in [5.74, 6) is -3.11. The summed E-state index contributed by atoms with van der Waals surface area (Å²) in [7, 11) is 0. The van der Waals surface area contributed by atoms with Crippen LogP contribution in [-0.2, 0) is 0 Å². The number of aromatic hydroxyl groups is 1. The quantitative estimate of drug-likeness (QED) is 0.566. The predicted octanol–water partition coefficient (Wildman–Crippen LogP) is 1.21. The Kier molecular flexibility index (Phi) is 5.05. The van der Waals surface area contributed by atoms with E-state index in [1.165, 1.54) is 11.2 Å². The monoisotopic (exact) mass is 431 g/mol. The number of primary amides is 1. The molecule has 0 spiro atoms. The second-order valence-electron chi connectivity index (χ2n) is 7.18. The molecule has 3 heterocycles. The minimum Gasteiger partial charge on any atom is -0.504 e. The third-order valence-electron chi connectivity index (χ3n) is 5.26. The number of nitrogens with zero attached hydrogens (tertiary/aromatic N) is 5. The maximum Gasteiger partial charge on any atom is 0.278 e. The second-order valence-corrected chi connectivity index (χ2v) is 7.18. The van der Waals surface area contributed by atoms with E-state index in [1.807, 2.05) is 0 Å². The molecule has 1 fully saturated rings. The van der Waals surface area contributed by atoms with Gasteiger partial charge in [-0.15, -0.1) is 0 Å². The van der Waals surface area contributed by atoms with Crippen molar-refractivity contribution >= 4 is 17.6 Å². The normalized spacial score (nSPS) is 14.7. The van der Waals surface area contributed by atoms with E-state index in [4.69, 9.17) is 11.5 Å². The zero-order valence-electron chi connectivity index (χ0n) is 16.2. The minimum absolute atomic E-state index is 0.00185. The lowest BCUT2D eigenvalue weighted by Crippen LogP contribution is -2.39. The first kappa shape index (κ1) is 20.3. The highest BCUT2D eigenvalue weighted by molar-refractivity contribution is 5.95. The van der Waals surface area contributed by atoms with E-state index >= 15 is 0 Å². The van der Waals surface area contributed by atoms with Crippen LogP contribution in [0.1, 0.15) is 39.9 Å². The van der Waals surface area contributed by atoms with Crippen LogP contribution >= 0.6 is 0 Å². The molecule has 0 radical (unpaired) electrons. The van der Waals surface area contributed by atoms with E-state index in [9.17, 15) is 23.5 Å². The summed E-state index contributed by atoms with van der Waals surface area (Å²) in [4.78, 5) is 29.6. The summed E-state index contributed by atoms with van der Waals surface area (Å²) in [6, 6.07) is 2.82. The van der Waals surface area contributed by atoms with Gasteiger partial charge in [-0.05, 0) is 25.0 Å². The van der Waals surface area contributed by atoms with Crippen LogP contribution in [0.3, 0.4) is 0 Å². The van der Waals surface area contributed by atoms with Crippen molar-refractivity contribution < 1.29 is 23.5 Å². The average Bonchev–Trinajstić information content (AvgIpc) is 3.30. The van der Waals surface area contributed by atoms with Gasteiger partial charge in [-0.25, -0.2) is 18.4 Å². The minimum atomic E-state index is -0.879. The molecule has 4 rings (SSSR count). The number of imidazole rings is 1. The fourth-order valence-corrected chi connectivity index (χ4v) is 3.66. The molecule has 1 aliphatic rings. The van der Waals surface area contributed by atoms with Gasteiger partial charge in [0.2, 0.25) is 0 Å². The van der Waals surface area contributed by atoms with E-state index in [0.29, 0.717) is 32.0 Å². The molecule has 31 heavy (non-hydrogen) atoms. The number of rotatable bonds is 4. The van der Waals surface area contributed by atoms with Crippen LogP contribution in [0.5, 0.6) is 5.75 Å². The zero-order valence-corrected chi connectivity index (χ0v) is 16.2. The first-order valence-electron chi connectivity index (χ1n) is 9.41. The Hall–Kier alpha value is -3.96. The fraction of sp³-hybridized carbons (Fsp3) is 0.263. The van der Waals surface area contributed by atoms with Crippen molar-refractivity contribution in [1.29, 1.82) is 0 Å². The molecular weight excluding hydrogens is 412 g/mol. The summed E-state index contributed by atoms with van der Waals surface area (Å²) < 4.78 is 29.8. The van der Waals surface area contributed by atoms with E-state index in [0.717, 1.165) is 23.0 Å². The summed E-state index contributed by atoms with van der Waals surface area (Å²) in [5.41, 5.74) is 10.8. The van der Waals surface area contributed by atoms with E-state index in [-0.39, 0.29) is 28.9 Å². The van der Waals surface area contributed by atoms with Crippen molar-refractivity contribution in [2.75, 3.05) is 18.8 Å². The van der Waals surface area contributed by atoms with Gasteiger partial charge in [-0.2, -0.15) is 5.10 Å². The van der Waals surface area contributed by atoms with Crippen molar-refractivity contribution in [3.05, 3.63) is 53.7 Å². The highest BCUT2D eigenvalue weighted by Crippen LogP contribution is 2.28. The molecule has 0 bridgehead atoms. The van der Waals surface area contributed by atoms with E-state index in [1.54, 1.807) is 4.57 Å². The SMILES string of the molecule is NC(=O)c1ncn(C2CCN(C(=O)c3nn(-c4ccc(F)cc4F)cc3O)CC2)c1N. The number of aromatic nitrogens is 4. The standard InChI is InChI=1S/C19H19F2N7O3/c20-10-1-2-13(12(21)7-10)28-8-14(29)15(25-28)19(31)26-5-3-11(4-6-26)27-9-24-16(17(27)22)18(23)30/h1-2,7-9,11,29H,3-6,22H2,(H2,23,30). The summed E-state index contributed by atoms with van der Waals surface area (Å²) in [6.45, 7) is 0.675. The van der Waals surface area contributed by atoms with Crippen LogP contribution in [0.4, 0.5) is 14.6 Å². The number of benzene rings is 1. The van der Waals surface area contributed by atoms with E-state index < -0.39 is 29.2 Å². The lowest BCUT2D eigenvalue weighted by molar-refractivity contribution is 0.0686. The number of nitrogens with two attached hydrogens (primary N) is 2. The number of hydrogen-bond donors (Lipinski definition) is 3. The summed E-state index contributed by atoms with van der Waals surface area (Å²) in [6.07, 6.45) is 3.59. The molecule has 1 aromatic carbocycles. The van der Waals surface area contributed by atoms with Crippen LogP contribution in [-0.4, -0.2) is 54.2 Å². The largest absolute Gasteiger partial charge is 0.504 e.